The molecular formula is C11H18O2. The highest BCUT2D eigenvalue weighted by Crippen LogP contribution is 2.09. The Morgan fingerprint density at radius 1 is 1.38 bits per heavy atom. The Labute approximate surface area is 80.7 Å². The topological polar surface area (TPSA) is 26.3 Å². The van der Waals surface area contributed by atoms with Gasteiger partial charge in [0.05, 0.1) is 0 Å². The Morgan fingerprint density at radius 2 is 2.00 bits per heavy atom. The van der Waals surface area contributed by atoms with Crippen LogP contribution >= 0.6 is 0 Å². The van der Waals surface area contributed by atoms with Crippen LogP contribution in [0.2, 0.25) is 0 Å². The summed E-state index contributed by atoms with van der Waals surface area (Å²) in [5.74, 6) is 5.65. The summed E-state index contributed by atoms with van der Waals surface area (Å²) in [7, 11) is 0. The molecule has 0 amide bonds. The number of esters is 1. The summed E-state index contributed by atoms with van der Waals surface area (Å²) in [6.45, 7) is 8.23. The van der Waals surface area contributed by atoms with Gasteiger partial charge >= 0.3 is 5.97 Å². The van der Waals surface area contributed by atoms with Gasteiger partial charge in [0, 0.05) is 11.8 Å². The lowest BCUT2D eigenvalue weighted by atomic mass is 9.98. The predicted octanol–water partition coefficient (Wildman–Crippen LogP) is 2.38. The largest absolute Gasteiger partial charge is 0.452 e. The van der Waals surface area contributed by atoms with Crippen molar-refractivity contribution in [3.05, 3.63) is 0 Å². The fourth-order valence-electron chi connectivity index (χ4n) is 0.694. The number of hydrogen-bond acceptors (Lipinski definition) is 2. The second kappa shape index (κ2) is 5.64. The molecule has 0 saturated carbocycles. The maximum Gasteiger partial charge on any atom is 0.306 e. The van der Waals surface area contributed by atoms with E-state index in [4.69, 9.17) is 4.74 Å². The molecule has 0 aliphatic rings. The van der Waals surface area contributed by atoms with Crippen molar-refractivity contribution >= 4 is 5.97 Å². The van der Waals surface area contributed by atoms with Crippen molar-refractivity contribution in [2.24, 2.45) is 5.41 Å². The van der Waals surface area contributed by atoms with Crippen LogP contribution in [0, 0.1) is 17.3 Å². The van der Waals surface area contributed by atoms with E-state index in [0.29, 0.717) is 6.42 Å². The SMILES string of the molecule is CCCC(=O)OCC#CC(C)(C)C. The van der Waals surface area contributed by atoms with Gasteiger partial charge in [0.2, 0.25) is 0 Å². The van der Waals surface area contributed by atoms with Gasteiger partial charge in [0.15, 0.2) is 6.61 Å². The minimum absolute atomic E-state index is 0.0167. The zero-order valence-electron chi connectivity index (χ0n) is 8.94. The average molecular weight is 182 g/mol. The van der Waals surface area contributed by atoms with Crippen LogP contribution in [0.3, 0.4) is 0 Å². The Hall–Kier alpha value is -0.970. The molecule has 13 heavy (non-hydrogen) atoms. The highest BCUT2D eigenvalue weighted by molar-refractivity contribution is 5.69. The van der Waals surface area contributed by atoms with Gasteiger partial charge in [-0.2, -0.15) is 0 Å². The molecule has 0 fully saturated rings. The molecule has 2 nitrogen and oxygen atoms in total. The number of carbonyl (C=O) groups is 1. The first-order valence-corrected chi connectivity index (χ1v) is 4.61. The van der Waals surface area contributed by atoms with E-state index >= 15 is 0 Å². The minimum atomic E-state index is -0.161. The minimum Gasteiger partial charge on any atom is -0.452 e. The van der Waals surface area contributed by atoms with Crippen LogP contribution in [-0.2, 0) is 9.53 Å². The standard InChI is InChI=1S/C11H18O2/c1-5-7-10(12)13-9-6-8-11(2,3)4/h5,7,9H2,1-4H3. The van der Waals surface area contributed by atoms with Gasteiger partial charge in [-0.25, -0.2) is 0 Å². The molecule has 0 aliphatic carbocycles. The molecule has 0 aromatic rings. The van der Waals surface area contributed by atoms with Crippen LogP contribution in [0.1, 0.15) is 40.5 Å². The summed E-state index contributed by atoms with van der Waals surface area (Å²) in [5, 5.41) is 0. The summed E-state index contributed by atoms with van der Waals surface area (Å²) in [6.07, 6.45) is 1.31. The Bertz CT molecular complexity index is 212. The molecule has 74 valence electrons. The third kappa shape index (κ3) is 8.94. The first kappa shape index (κ1) is 12.0. The second-order valence-electron chi connectivity index (χ2n) is 3.96. The monoisotopic (exact) mass is 182 g/mol. The fourth-order valence-corrected chi connectivity index (χ4v) is 0.694. The smallest absolute Gasteiger partial charge is 0.306 e. The molecule has 0 unspecified atom stereocenters. The summed E-state index contributed by atoms with van der Waals surface area (Å²) >= 11 is 0. The third-order valence-corrected chi connectivity index (χ3v) is 1.22. The quantitative estimate of drug-likeness (QED) is 0.495. The summed E-state index contributed by atoms with van der Waals surface area (Å²) in [4.78, 5) is 10.9. The second-order valence-corrected chi connectivity index (χ2v) is 3.96. The van der Waals surface area contributed by atoms with E-state index in [1.807, 2.05) is 27.7 Å². The molecule has 0 aliphatic heterocycles. The van der Waals surface area contributed by atoms with Gasteiger partial charge in [-0.3, -0.25) is 4.79 Å². The van der Waals surface area contributed by atoms with Gasteiger partial charge in [0.1, 0.15) is 0 Å². The van der Waals surface area contributed by atoms with E-state index in [2.05, 4.69) is 11.8 Å². The number of hydrogen-bond donors (Lipinski definition) is 0. The van der Waals surface area contributed by atoms with Gasteiger partial charge in [-0.15, -0.1) is 0 Å². The van der Waals surface area contributed by atoms with E-state index in [0.717, 1.165) is 6.42 Å². The zero-order valence-corrected chi connectivity index (χ0v) is 8.94. The van der Waals surface area contributed by atoms with Crippen molar-refractivity contribution in [2.45, 2.75) is 40.5 Å². The molecule has 0 aromatic heterocycles. The molecule has 2 heteroatoms. The van der Waals surface area contributed by atoms with Crippen LogP contribution in [0.25, 0.3) is 0 Å². The number of carbonyl (C=O) groups excluding carboxylic acids is 1. The molecule has 0 radical (unpaired) electrons. The lowest BCUT2D eigenvalue weighted by Gasteiger charge is -2.06. The van der Waals surface area contributed by atoms with E-state index in [1.165, 1.54) is 0 Å². The van der Waals surface area contributed by atoms with Crippen molar-refractivity contribution < 1.29 is 9.53 Å². The van der Waals surface area contributed by atoms with Crippen LogP contribution < -0.4 is 0 Å². The molecule has 0 rings (SSSR count). The van der Waals surface area contributed by atoms with E-state index < -0.39 is 0 Å². The summed E-state index contributed by atoms with van der Waals surface area (Å²) < 4.78 is 4.87. The fraction of sp³-hybridized carbons (Fsp3) is 0.727. The van der Waals surface area contributed by atoms with E-state index in [9.17, 15) is 4.79 Å². The first-order valence-electron chi connectivity index (χ1n) is 4.61. The molecule has 0 heterocycles. The van der Waals surface area contributed by atoms with Crippen molar-refractivity contribution in [1.82, 2.24) is 0 Å². The summed E-state index contributed by atoms with van der Waals surface area (Å²) in [5.41, 5.74) is -0.0167. The van der Waals surface area contributed by atoms with Gasteiger partial charge in [-0.1, -0.05) is 18.8 Å². The van der Waals surface area contributed by atoms with Crippen molar-refractivity contribution in [3.63, 3.8) is 0 Å². The van der Waals surface area contributed by atoms with Crippen molar-refractivity contribution in [2.75, 3.05) is 6.61 Å². The van der Waals surface area contributed by atoms with Gasteiger partial charge in [0.25, 0.3) is 0 Å². The van der Waals surface area contributed by atoms with Crippen LogP contribution in [0.15, 0.2) is 0 Å². The average Bonchev–Trinajstić information content (AvgIpc) is 1.97. The lowest BCUT2D eigenvalue weighted by molar-refractivity contribution is -0.142. The number of rotatable bonds is 3. The lowest BCUT2D eigenvalue weighted by Crippen LogP contribution is -2.05. The third-order valence-electron chi connectivity index (χ3n) is 1.22. The molecule has 0 aromatic carbocycles. The predicted molar refractivity (Wildman–Crippen MR) is 53.1 cm³/mol. The van der Waals surface area contributed by atoms with Gasteiger partial charge < -0.3 is 4.74 Å². The molecule has 0 saturated heterocycles. The van der Waals surface area contributed by atoms with Crippen LogP contribution in [0.4, 0.5) is 0 Å². The maximum atomic E-state index is 10.9. The van der Waals surface area contributed by atoms with Crippen LogP contribution in [0.5, 0.6) is 0 Å². The Kier molecular flexibility index (Phi) is 5.22. The Morgan fingerprint density at radius 3 is 2.46 bits per heavy atom. The highest BCUT2D eigenvalue weighted by atomic mass is 16.5. The molecule has 0 spiro atoms. The normalized spacial score (nSPS) is 10.2. The first-order chi connectivity index (χ1) is 5.95. The highest BCUT2D eigenvalue weighted by Gasteiger charge is 2.03. The van der Waals surface area contributed by atoms with Crippen molar-refractivity contribution in [1.29, 1.82) is 0 Å². The Balaban J connectivity index is 3.65. The van der Waals surface area contributed by atoms with Gasteiger partial charge in [-0.05, 0) is 27.2 Å². The van der Waals surface area contributed by atoms with E-state index in [1.54, 1.807) is 0 Å². The molecule has 0 atom stereocenters. The number of ether oxygens (including phenoxy) is 1. The zero-order chi connectivity index (χ0) is 10.3. The molecule has 0 bridgehead atoms. The summed E-state index contributed by atoms with van der Waals surface area (Å²) in [6, 6.07) is 0. The van der Waals surface area contributed by atoms with Crippen molar-refractivity contribution in [3.8, 4) is 11.8 Å². The molecular weight excluding hydrogens is 164 g/mol. The van der Waals surface area contributed by atoms with E-state index in [-0.39, 0.29) is 18.0 Å². The molecule has 0 N–H and O–H groups in total. The maximum absolute atomic E-state index is 10.9. The van der Waals surface area contributed by atoms with Crippen LogP contribution in [-0.4, -0.2) is 12.6 Å².